The van der Waals surface area contributed by atoms with Crippen LogP contribution in [0.2, 0.25) is 0 Å². The fourth-order valence-electron chi connectivity index (χ4n) is 2.00. The maximum atomic E-state index is 10.7. The molecule has 0 aromatic heterocycles. The van der Waals surface area contributed by atoms with Crippen LogP contribution in [0.3, 0.4) is 0 Å². The Bertz CT molecular complexity index is 743. The fourth-order valence-corrected chi connectivity index (χ4v) is 2.37. The van der Waals surface area contributed by atoms with E-state index < -0.39 is 27.5 Å². The van der Waals surface area contributed by atoms with Gasteiger partial charge in [-0.15, -0.1) is 0 Å². The molecule has 132 valence electrons. The number of nitrogens with two attached hydrogens (primary N) is 1. The third kappa shape index (κ3) is 4.86. The van der Waals surface area contributed by atoms with E-state index in [1.807, 2.05) is 0 Å². The molecule has 0 radical (unpaired) electrons. The van der Waals surface area contributed by atoms with E-state index in [-0.39, 0.29) is 19.6 Å². The molecule has 1 atom stereocenters. The molecule has 0 bridgehead atoms. The van der Waals surface area contributed by atoms with E-state index in [0.717, 1.165) is 12.3 Å². The lowest BCUT2D eigenvalue weighted by molar-refractivity contribution is -0.163. The molecule has 0 spiro atoms. The van der Waals surface area contributed by atoms with Crippen LogP contribution in [0.25, 0.3) is 0 Å². The Morgan fingerprint density at radius 2 is 1.92 bits per heavy atom. The second kappa shape index (κ2) is 7.09. The van der Waals surface area contributed by atoms with Crippen molar-refractivity contribution < 1.29 is 33.2 Å². The van der Waals surface area contributed by atoms with Crippen molar-refractivity contribution in [2.75, 3.05) is 13.2 Å². The summed E-state index contributed by atoms with van der Waals surface area (Å²) in [5.74, 6) is -2.69. The van der Waals surface area contributed by atoms with Gasteiger partial charge in [-0.25, -0.2) is 5.14 Å². The molecule has 1 unspecified atom stereocenters. The second-order valence-corrected chi connectivity index (χ2v) is 6.43. The van der Waals surface area contributed by atoms with E-state index in [1.54, 1.807) is 24.3 Å². The molecule has 1 heterocycles. The maximum absolute atomic E-state index is 10.7. The van der Waals surface area contributed by atoms with Crippen LogP contribution in [-0.2, 0) is 21.4 Å². The largest absolute Gasteiger partial charge is 0.504 e. The van der Waals surface area contributed by atoms with Crippen molar-refractivity contribution in [1.29, 1.82) is 0 Å². The minimum Gasteiger partial charge on any atom is -0.504 e. The third-order valence-electron chi connectivity index (χ3n) is 3.14. The number of allylic oxidation sites excluding steroid dienone is 1. The zero-order valence-corrected chi connectivity index (χ0v) is 13.4. The molecule has 0 fully saturated rings. The van der Waals surface area contributed by atoms with Crippen LogP contribution in [0.4, 0.5) is 0 Å². The van der Waals surface area contributed by atoms with E-state index in [1.165, 1.54) is 0 Å². The highest BCUT2D eigenvalue weighted by Gasteiger charge is 2.38. The average molecular weight is 358 g/mol. The smallest absolute Gasteiger partial charge is 0.274 e. The molecule has 24 heavy (non-hydrogen) atoms. The van der Waals surface area contributed by atoms with Gasteiger partial charge in [-0.2, -0.15) is 13.1 Å². The van der Waals surface area contributed by atoms with E-state index in [2.05, 4.69) is 4.72 Å². The highest BCUT2D eigenvalue weighted by Crippen LogP contribution is 2.28. The lowest BCUT2D eigenvalue weighted by Crippen LogP contribution is -2.38. The van der Waals surface area contributed by atoms with Crippen molar-refractivity contribution in [3.05, 3.63) is 53.7 Å². The normalized spacial score (nSPS) is 20.8. The molecule has 0 amide bonds. The summed E-state index contributed by atoms with van der Waals surface area (Å²) in [6.07, 6.45) is 2.11. The minimum absolute atomic E-state index is 0.0262. The first-order valence-corrected chi connectivity index (χ1v) is 8.43. The van der Waals surface area contributed by atoms with Crippen molar-refractivity contribution in [3.8, 4) is 5.75 Å². The van der Waals surface area contributed by atoms with Crippen LogP contribution in [0.1, 0.15) is 5.56 Å². The summed E-state index contributed by atoms with van der Waals surface area (Å²) in [5.41, 5.74) is 0.613. The molecular weight excluding hydrogens is 340 g/mol. The first-order valence-electron chi connectivity index (χ1n) is 6.88. The number of aliphatic hydroxyl groups is 3. The number of benzene rings is 1. The SMILES string of the molecule is NS(=O)(=O)NCCOc1ccc(CC2(O)OC=CC(O)=C2O)cc1. The summed E-state index contributed by atoms with van der Waals surface area (Å²) < 4.78 is 33.8. The van der Waals surface area contributed by atoms with Crippen molar-refractivity contribution in [1.82, 2.24) is 4.72 Å². The molecule has 6 N–H and O–H groups in total. The first kappa shape index (κ1) is 18.1. The van der Waals surface area contributed by atoms with E-state index in [9.17, 15) is 23.7 Å². The second-order valence-electron chi connectivity index (χ2n) is 5.05. The van der Waals surface area contributed by atoms with Crippen LogP contribution in [0.15, 0.2) is 48.1 Å². The van der Waals surface area contributed by atoms with Crippen LogP contribution < -0.4 is 14.6 Å². The Kier molecular flexibility index (Phi) is 5.34. The van der Waals surface area contributed by atoms with Crippen LogP contribution in [0.5, 0.6) is 5.75 Å². The van der Waals surface area contributed by atoms with Gasteiger partial charge in [0.1, 0.15) is 12.4 Å². The molecule has 2 rings (SSSR count). The molecule has 0 aliphatic carbocycles. The topological polar surface area (TPSA) is 151 Å². The van der Waals surface area contributed by atoms with Gasteiger partial charge in [0.2, 0.25) is 5.76 Å². The number of rotatable bonds is 7. The maximum Gasteiger partial charge on any atom is 0.274 e. The minimum atomic E-state index is -3.74. The van der Waals surface area contributed by atoms with Gasteiger partial charge in [0.15, 0.2) is 5.76 Å². The van der Waals surface area contributed by atoms with Gasteiger partial charge in [-0.3, -0.25) is 0 Å². The van der Waals surface area contributed by atoms with Gasteiger partial charge in [-0.05, 0) is 17.7 Å². The highest BCUT2D eigenvalue weighted by molar-refractivity contribution is 7.87. The molecular formula is C14H18N2O7S. The summed E-state index contributed by atoms with van der Waals surface area (Å²) in [7, 11) is -3.74. The molecule has 10 heteroatoms. The van der Waals surface area contributed by atoms with Crippen molar-refractivity contribution in [2.24, 2.45) is 5.14 Å². The Hall–Kier alpha value is -2.27. The molecule has 0 saturated carbocycles. The van der Waals surface area contributed by atoms with Gasteiger partial charge in [0.25, 0.3) is 16.0 Å². The van der Waals surface area contributed by atoms with Crippen LogP contribution >= 0.6 is 0 Å². The molecule has 1 aromatic rings. The summed E-state index contributed by atoms with van der Waals surface area (Å²) in [5, 5.41) is 34.2. The molecule has 1 aromatic carbocycles. The van der Waals surface area contributed by atoms with Gasteiger partial charge < -0.3 is 24.8 Å². The van der Waals surface area contributed by atoms with Gasteiger partial charge in [0, 0.05) is 19.0 Å². The highest BCUT2D eigenvalue weighted by atomic mass is 32.2. The summed E-state index contributed by atoms with van der Waals surface area (Å²) in [4.78, 5) is 0. The van der Waals surface area contributed by atoms with E-state index in [0.29, 0.717) is 11.3 Å². The first-order chi connectivity index (χ1) is 11.2. The lowest BCUT2D eigenvalue weighted by Gasteiger charge is -2.29. The Balaban J connectivity index is 1.92. The van der Waals surface area contributed by atoms with E-state index >= 15 is 0 Å². The van der Waals surface area contributed by atoms with Crippen LogP contribution in [0, 0.1) is 0 Å². The summed E-state index contributed by atoms with van der Waals surface area (Å²) in [6.45, 7) is 0.115. The van der Waals surface area contributed by atoms with Gasteiger partial charge in [0.05, 0.1) is 6.26 Å². The molecule has 1 aliphatic heterocycles. The number of hydrogen-bond donors (Lipinski definition) is 5. The predicted molar refractivity (Wildman–Crippen MR) is 84.2 cm³/mol. The monoisotopic (exact) mass is 358 g/mol. The molecule has 9 nitrogen and oxygen atoms in total. The number of ether oxygens (including phenoxy) is 2. The van der Waals surface area contributed by atoms with Crippen molar-refractivity contribution in [3.63, 3.8) is 0 Å². The quantitative estimate of drug-likeness (QED) is 0.429. The zero-order valence-electron chi connectivity index (χ0n) is 12.5. The fraction of sp³-hybridized carbons (Fsp3) is 0.286. The molecule has 0 saturated heterocycles. The Morgan fingerprint density at radius 3 is 2.54 bits per heavy atom. The van der Waals surface area contributed by atoms with Crippen LogP contribution in [-0.4, -0.2) is 42.7 Å². The summed E-state index contributed by atoms with van der Waals surface area (Å²) >= 11 is 0. The van der Waals surface area contributed by atoms with E-state index in [4.69, 9.17) is 14.6 Å². The number of aliphatic hydroxyl groups excluding tert-OH is 2. The zero-order chi connectivity index (χ0) is 17.8. The number of hydrogen-bond acceptors (Lipinski definition) is 7. The van der Waals surface area contributed by atoms with Gasteiger partial charge >= 0.3 is 0 Å². The Labute approximate surface area is 138 Å². The molecule has 1 aliphatic rings. The third-order valence-corrected chi connectivity index (χ3v) is 3.75. The van der Waals surface area contributed by atoms with Crippen molar-refractivity contribution in [2.45, 2.75) is 12.2 Å². The standard InChI is InChI=1S/C14H18N2O7S/c15-24(20,21)16-6-8-22-11-3-1-10(2-4-11)9-14(19)13(18)12(17)5-7-23-14/h1-5,7,16-19H,6,8-9H2,(H2,15,20,21). The van der Waals surface area contributed by atoms with Crippen molar-refractivity contribution >= 4 is 10.2 Å². The average Bonchev–Trinajstić information content (AvgIpc) is 2.50. The Morgan fingerprint density at radius 1 is 1.25 bits per heavy atom. The lowest BCUT2D eigenvalue weighted by atomic mass is 10.0. The number of nitrogens with one attached hydrogen (secondary N) is 1. The van der Waals surface area contributed by atoms with Gasteiger partial charge in [-0.1, -0.05) is 12.1 Å². The summed E-state index contributed by atoms with van der Waals surface area (Å²) in [6, 6.07) is 6.47. The predicted octanol–water partition coefficient (Wildman–Crippen LogP) is -0.0389.